The number of amides is 1. The van der Waals surface area contributed by atoms with Crippen LogP contribution in [0.2, 0.25) is 0 Å². The molecule has 29 heavy (non-hydrogen) atoms. The fourth-order valence-corrected chi connectivity index (χ4v) is 3.25. The molecule has 0 aliphatic rings. The van der Waals surface area contributed by atoms with Crippen LogP contribution in [-0.4, -0.2) is 44.9 Å². The molecule has 0 fully saturated rings. The van der Waals surface area contributed by atoms with Crippen LogP contribution < -0.4 is 5.32 Å². The highest BCUT2D eigenvalue weighted by molar-refractivity contribution is 7.12. The number of thiazole rings is 1. The number of carbonyl (C=O) groups is 1. The Hall–Kier alpha value is -2.65. The summed E-state index contributed by atoms with van der Waals surface area (Å²) in [5, 5.41) is 18.2. The molecule has 2 aromatic heterocycles. The maximum atomic E-state index is 12.8. The van der Waals surface area contributed by atoms with Gasteiger partial charge in [0, 0.05) is 25.5 Å². The number of alkyl halides is 2. The Kier molecular flexibility index (Phi) is 7.98. The minimum absolute atomic E-state index is 0.0127. The Morgan fingerprint density at radius 3 is 2.83 bits per heavy atom. The number of hydrogen-bond donors (Lipinski definition) is 2. The molecule has 2 N–H and O–H groups in total. The Balaban J connectivity index is 2.16. The van der Waals surface area contributed by atoms with Gasteiger partial charge in [-0.2, -0.15) is 5.10 Å². The molecule has 0 bridgehead atoms. The average molecular weight is 423 g/mol. The number of allylic oxidation sites excluding steroid dienone is 6. The first-order valence-electron chi connectivity index (χ1n) is 9.07. The molecule has 2 aromatic rings. The lowest BCUT2D eigenvalue weighted by Gasteiger charge is -2.04. The van der Waals surface area contributed by atoms with Gasteiger partial charge in [-0.05, 0) is 31.9 Å². The monoisotopic (exact) mass is 422 g/mol. The minimum Gasteiger partial charge on any atom is -0.396 e. The first kappa shape index (κ1) is 22.6. The molecule has 0 saturated heterocycles. The maximum Gasteiger partial charge on any atom is 0.264 e. The number of hydrogen-bond acceptors (Lipinski definition) is 5. The Bertz CT molecular complexity index is 923. The van der Waals surface area contributed by atoms with E-state index in [0.29, 0.717) is 35.0 Å². The summed E-state index contributed by atoms with van der Waals surface area (Å²) in [6, 6.07) is 0. The van der Waals surface area contributed by atoms with E-state index in [1.165, 1.54) is 23.6 Å². The molecule has 0 aliphatic carbocycles. The average Bonchev–Trinajstić information content (AvgIpc) is 3.27. The quantitative estimate of drug-likeness (QED) is 0.474. The van der Waals surface area contributed by atoms with Crippen LogP contribution in [0.1, 0.15) is 42.0 Å². The summed E-state index contributed by atoms with van der Waals surface area (Å²) < 4.78 is 27.2. The molecule has 0 atom stereocenters. The van der Waals surface area contributed by atoms with Gasteiger partial charge in [0.15, 0.2) is 0 Å². The Morgan fingerprint density at radius 2 is 2.17 bits per heavy atom. The largest absolute Gasteiger partial charge is 0.396 e. The lowest BCUT2D eigenvalue weighted by Crippen LogP contribution is -2.25. The predicted molar refractivity (Wildman–Crippen MR) is 111 cm³/mol. The van der Waals surface area contributed by atoms with Crippen molar-refractivity contribution in [3.8, 4) is 5.13 Å². The third-order valence-electron chi connectivity index (χ3n) is 3.93. The zero-order chi connectivity index (χ0) is 21.4. The molecule has 0 radical (unpaired) electrons. The molecule has 0 aliphatic heterocycles. The van der Waals surface area contributed by atoms with E-state index in [2.05, 4.69) is 15.4 Å². The second-order valence-electron chi connectivity index (χ2n) is 6.32. The van der Waals surface area contributed by atoms with Crippen molar-refractivity contribution in [2.75, 3.05) is 13.2 Å². The molecule has 9 heteroatoms. The number of nitrogens with one attached hydrogen (secondary N) is 1. The van der Waals surface area contributed by atoms with Crippen molar-refractivity contribution in [1.29, 1.82) is 0 Å². The number of rotatable bonds is 9. The van der Waals surface area contributed by atoms with E-state index in [0.717, 1.165) is 18.6 Å². The van der Waals surface area contributed by atoms with E-state index in [1.807, 2.05) is 18.4 Å². The molecule has 0 spiro atoms. The summed E-state index contributed by atoms with van der Waals surface area (Å²) in [6.45, 7) is 4.84. The van der Waals surface area contributed by atoms with Crippen molar-refractivity contribution in [1.82, 2.24) is 20.1 Å². The minimum atomic E-state index is -2.85. The van der Waals surface area contributed by atoms with Crippen LogP contribution in [-0.2, 0) is 0 Å². The summed E-state index contributed by atoms with van der Waals surface area (Å²) in [7, 11) is 0. The molecule has 1 amide bonds. The molecule has 6 nitrogen and oxygen atoms in total. The van der Waals surface area contributed by atoms with Crippen molar-refractivity contribution >= 4 is 22.8 Å². The highest BCUT2D eigenvalue weighted by Crippen LogP contribution is 2.23. The van der Waals surface area contributed by atoms with Crippen LogP contribution in [0.4, 0.5) is 8.78 Å². The van der Waals surface area contributed by atoms with E-state index >= 15 is 0 Å². The van der Waals surface area contributed by atoms with Gasteiger partial charge in [-0.3, -0.25) is 4.79 Å². The number of aliphatic hydroxyl groups is 1. The summed E-state index contributed by atoms with van der Waals surface area (Å²) >= 11 is 1.36. The van der Waals surface area contributed by atoms with E-state index in [4.69, 9.17) is 5.11 Å². The second-order valence-corrected chi connectivity index (χ2v) is 7.16. The third-order valence-corrected chi connectivity index (χ3v) is 4.75. The Labute approximate surface area is 172 Å². The zero-order valence-corrected chi connectivity index (χ0v) is 17.3. The van der Waals surface area contributed by atoms with Crippen LogP contribution in [0.5, 0.6) is 0 Å². The molecular weight excluding hydrogens is 398 g/mol. The van der Waals surface area contributed by atoms with Crippen LogP contribution in [0, 0.1) is 6.92 Å². The number of aliphatic hydroxyl groups excluding tert-OH is 1. The van der Waals surface area contributed by atoms with E-state index in [1.54, 1.807) is 23.8 Å². The zero-order valence-electron chi connectivity index (χ0n) is 16.5. The van der Waals surface area contributed by atoms with Gasteiger partial charge in [0.25, 0.3) is 11.8 Å². The normalized spacial score (nSPS) is 13.0. The summed E-state index contributed by atoms with van der Waals surface area (Å²) in [6.07, 6.45) is 9.18. The van der Waals surface area contributed by atoms with Crippen LogP contribution >= 0.6 is 11.3 Å². The molecular formula is C20H24F2N4O2S. The van der Waals surface area contributed by atoms with Crippen molar-refractivity contribution in [2.45, 2.75) is 33.1 Å². The van der Waals surface area contributed by atoms with Crippen LogP contribution in [0.15, 0.2) is 42.0 Å². The predicted octanol–water partition coefficient (Wildman–Crippen LogP) is 3.92. The lowest BCUT2D eigenvalue weighted by atomic mass is 10.2. The van der Waals surface area contributed by atoms with Gasteiger partial charge in [0.1, 0.15) is 0 Å². The van der Waals surface area contributed by atoms with Crippen molar-refractivity contribution in [3.63, 3.8) is 0 Å². The van der Waals surface area contributed by atoms with Crippen molar-refractivity contribution in [3.05, 3.63) is 58.9 Å². The van der Waals surface area contributed by atoms with Crippen molar-refractivity contribution in [2.24, 2.45) is 0 Å². The fraction of sp³-hybridized carbons (Fsp3) is 0.350. The van der Waals surface area contributed by atoms with Crippen LogP contribution in [0.3, 0.4) is 0 Å². The molecule has 0 saturated carbocycles. The third kappa shape index (κ3) is 6.43. The van der Waals surface area contributed by atoms with E-state index < -0.39 is 5.92 Å². The standard InChI is InChI=1S/C20H24F2N4O2S/c1-4-15(8-5-6-9-20(3,21)22)17-13-29-19(25-17)26-14(2)16(12-24-26)18(28)23-10-7-11-27/h4-6,8-9,12-13,27H,7,10-11H2,1-3H3,(H,23,28)/b8-5-,9-6+,15-4+. The number of halogens is 2. The SMILES string of the molecule is C\C=C(/C=C\C=C\C(C)(F)F)c1csc(-n2ncc(C(=O)NCCCO)c2C)n1. The van der Waals surface area contributed by atoms with E-state index in [-0.39, 0.29) is 12.5 Å². The van der Waals surface area contributed by atoms with E-state index in [9.17, 15) is 13.6 Å². The molecule has 2 rings (SSSR count). The van der Waals surface area contributed by atoms with Gasteiger partial charge in [0.2, 0.25) is 5.13 Å². The molecule has 2 heterocycles. The lowest BCUT2D eigenvalue weighted by molar-refractivity contribution is 0.0774. The second kappa shape index (κ2) is 10.2. The van der Waals surface area contributed by atoms with Gasteiger partial charge in [0.05, 0.1) is 23.1 Å². The highest BCUT2D eigenvalue weighted by atomic mass is 32.1. The number of aromatic nitrogens is 3. The maximum absolute atomic E-state index is 12.8. The first-order valence-corrected chi connectivity index (χ1v) is 9.94. The number of nitrogens with zero attached hydrogens (tertiary/aromatic N) is 3. The summed E-state index contributed by atoms with van der Waals surface area (Å²) in [5.41, 5.74) is 2.56. The number of carbonyl (C=O) groups excluding carboxylic acids is 1. The van der Waals surface area contributed by atoms with Gasteiger partial charge in [-0.1, -0.05) is 24.3 Å². The topological polar surface area (TPSA) is 80.0 Å². The summed E-state index contributed by atoms with van der Waals surface area (Å²) in [4.78, 5) is 16.8. The Morgan fingerprint density at radius 1 is 1.41 bits per heavy atom. The van der Waals surface area contributed by atoms with Gasteiger partial charge in [-0.25, -0.2) is 18.4 Å². The van der Waals surface area contributed by atoms with Gasteiger partial charge >= 0.3 is 0 Å². The molecule has 156 valence electrons. The summed E-state index contributed by atoms with van der Waals surface area (Å²) in [5.74, 6) is -3.11. The van der Waals surface area contributed by atoms with Crippen molar-refractivity contribution < 1.29 is 18.7 Å². The smallest absolute Gasteiger partial charge is 0.264 e. The van der Waals surface area contributed by atoms with Crippen LogP contribution in [0.25, 0.3) is 10.7 Å². The molecule has 0 aromatic carbocycles. The fourth-order valence-electron chi connectivity index (χ4n) is 2.41. The molecule has 0 unspecified atom stereocenters. The van der Waals surface area contributed by atoms with Gasteiger partial charge in [-0.15, -0.1) is 11.3 Å². The van der Waals surface area contributed by atoms with Gasteiger partial charge < -0.3 is 10.4 Å². The highest BCUT2D eigenvalue weighted by Gasteiger charge is 2.17. The first-order chi connectivity index (χ1) is 13.8.